The third kappa shape index (κ3) is 7.91. The van der Waals surface area contributed by atoms with Crippen LogP contribution in [0.3, 0.4) is 0 Å². The van der Waals surface area contributed by atoms with E-state index in [0.717, 1.165) is 6.42 Å². The molecule has 0 N–H and O–H groups in total. The van der Waals surface area contributed by atoms with Gasteiger partial charge in [-0.25, -0.2) is 0 Å². The Morgan fingerprint density at radius 3 is 2.78 bits per heavy atom. The van der Waals surface area contributed by atoms with E-state index in [1.165, 1.54) is 24.3 Å². The van der Waals surface area contributed by atoms with Gasteiger partial charge in [0.1, 0.15) is 0 Å². The molecular weight excluding hydrogens is 128 g/mol. The quantitative estimate of drug-likeness (QED) is 0.420. The summed E-state index contributed by atoms with van der Waals surface area (Å²) in [6.45, 7) is 2.19. The molecule has 0 bridgehead atoms. The number of hydrogen-bond acceptors (Lipinski definition) is 1. The molecule has 0 unspecified atom stereocenters. The van der Waals surface area contributed by atoms with Crippen molar-refractivity contribution in [1.82, 2.24) is 0 Å². The smallest absolute Gasteiger partial charge is 0.00863 e. The molecule has 0 aromatic rings. The Morgan fingerprint density at radius 2 is 2.22 bits per heavy atom. The van der Waals surface area contributed by atoms with Crippen LogP contribution in [0.2, 0.25) is 0 Å². The van der Waals surface area contributed by atoms with Crippen molar-refractivity contribution in [1.29, 1.82) is 0 Å². The lowest BCUT2D eigenvalue weighted by Crippen LogP contribution is -1.79. The molecule has 0 aliphatic heterocycles. The van der Waals surface area contributed by atoms with Crippen LogP contribution < -0.4 is 0 Å². The Kier molecular flexibility index (Phi) is 7.83. The molecule has 0 atom stereocenters. The number of terminal acetylenes is 1. The van der Waals surface area contributed by atoms with E-state index in [4.69, 9.17) is 6.42 Å². The van der Waals surface area contributed by atoms with Gasteiger partial charge in [-0.2, -0.15) is 11.8 Å². The maximum atomic E-state index is 5.09. The predicted octanol–water partition coefficient (Wildman–Crippen LogP) is 2.54. The highest BCUT2D eigenvalue weighted by Crippen LogP contribution is 2.04. The molecule has 0 spiro atoms. The van der Waals surface area contributed by atoms with E-state index in [0.29, 0.717) is 0 Å². The van der Waals surface area contributed by atoms with Crippen LogP contribution >= 0.6 is 11.8 Å². The van der Waals surface area contributed by atoms with Gasteiger partial charge in [0.25, 0.3) is 0 Å². The lowest BCUT2D eigenvalue weighted by molar-refractivity contribution is 0.837. The van der Waals surface area contributed by atoms with E-state index in [-0.39, 0.29) is 0 Å². The zero-order valence-corrected chi connectivity index (χ0v) is 6.84. The first-order chi connectivity index (χ1) is 4.41. The van der Waals surface area contributed by atoms with Crippen LogP contribution in [0.25, 0.3) is 0 Å². The minimum Gasteiger partial charge on any atom is -0.162 e. The van der Waals surface area contributed by atoms with Gasteiger partial charge in [0, 0.05) is 6.42 Å². The van der Waals surface area contributed by atoms with Crippen LogP contribution in [0.4, 0.5) is 0 Å². The number of thioether (sulfide) groups is 1. The van der Waals surface area contributed by atoms with Crippen LogP contribution in [0, 0.1) is 12.3 Å². The Hall–Kier alpha value is -0.0900. The summed E-state index contributed by atoms with van der Waals surface area (Å²) in [7, 11) is 0. The van der Waals surface area contributed by atoms with Gasteiger partial charge in [-0.3, -0.25) is 0 Å². The van der Waals surface area contributed by atoms with E-state index in [2.05, 4.69) is 12.8 Å². The minimum absolute atomic E-state index is 0.949. The average molecular weight is 142 g/mol. The summed E-state index contributed by atoms with van der Waals surface area (Å²) < 4.78 is 0. The molecule has 0 aliphatic carbocycles. The Labute approximate surface area is 62.4 Å². The van der Waals surface area contributed by atoms with Crippen molar-refractivity contribution >= 4 is 11.8 Å². The number of unbranched alkanes of at least 4 members (excludes halogenated alkanes) is 2. The maximum Gasteiger partial charge on any atom is 0.00863 e. The van der Waals surface area contributed by atoms with Gasteiger partial charge >= 0.3 is 0 Å². The van der Waals surface area contributed by atoms with E-state index in [9.17, 15) is 0 Å². The van der Waals surface area contributed by atoms with Gasteiger partial charge in [0.2, 0.25) is 0 Å². The molecule has 0 rings (SSSR count). The fourth-order valence-electron chi connectivity index (χ4n) is 0.576. The van der Waals surface area contributed by atoms with Crippen LogP contribution in [-0.2, 0) is 0 Å². The minimum atomic E-state index is 0.949. The molecule has 0 aromatic carbocycles. The average Bonchev–Trinajstić information content (AvgIpc) is 1.89. The second-order valence-corrected chi connectivity index (χ2v) is 3.25. The van der Waals surface area contributed by atoms with Crippen LogP contribution in [-0.4, -0.2) is 11.5 Å². The van der Waals surface area contributed by atoms with E-state index >= 15 is 0 Å². The van der Waals surface area contributed by atoms with Crippen LogP contribution in [0.5, 0.6) is 0 Å². The molecule has 0 saturated heterocycles. The molecular formula is C8H14S. The Balaban J connectivity index is 2.69. The fourth-order valence-corrected chi connectivity index (χ4v) is 1.27. The summed E-state index contributed by atoms with van der Waals surface area (Å²) in [5, 5.41) is 0. The molecule has 1 heteroatoms. The SMILES string of the molecule is C#CCCCCSCC. The van der Waals surface area contributed by atoms with E-state index < -0.39 is 0 Å². The second kappa shape index (κ2) is 7.91. The summed E-state index contributed by atoms with van der Waals surface area (Å²) >= 11 is 1.99. The van der Waals surface area contributed by atoms with Crippen molar-refractivity contribution in [2.75, 3.05) is 11.5 Å². The topological polar surface area (TPSA) is 0 Å². The summed E-state index contributed by atoms with van der Waals surface area (Å²) in [6, 6.07) is 0. The molecule has 0 amide bonds. The molecule has 0 heterocycles. The lowest BCUT2D eigenvalue weighted by atomic mass is 10.3. The van der Waals surface area contributed by atoms with Gasteiger partial charge in [0.05, 0.1) is 0 Å². The van der Waals surface area contributed by atoms with Crippen LogP contribution in [0.15, 0.2) is 0 Å². The van der Waals surface area contributed by atoms with Crippen molar-refractivity contribution in [3.05, 3.63) is 0 Å². The highest BCUT2D eigenvalue weighted by Gasteiger charge is 1.84. The second-order valence-electron chi connectivity index (χ2n) is 1.86. The van der Waals surface area contributed by atoms with Crippen molar-refractivity contribution < 1.29 is 0 Å². The van der Waals surface area contributed by atoms with Gasteiger partial charge in [0.15, 0.2) is 0 Å². The molecule has 0 aliphatic rings. The van der Waals surface area contributed by atoms with Gasteiger partial charge < -0.3 is 0 Å². The molecule has 52 valence electrons. The third-order valence-electron chi connectivity index (χ3n) is 1.06. The number of rotatable bonds is 5. The summed E-state index contributed by atoms with van der Waals surface area (Å²) in [5.74, 6) is 5.14. The van der Waals surface area contributed by atoms with Gasteiger partial charge in [-0.15, -0.1) is 12.3 Å². The van der Waals surface area contributed by atoms with Crippen molar-refractivity contribution in [2.45, 2.75) is 26.2 Å². The number of hydrogen-bond donors (Lipinski definition) is 0. The highest BCUT2D eigenvalue weighted by molar-refractivity contribution is 7.99. The van der Waals surface area contributed by atoms with Crippen molar-refractivity contribution in [3.63, 3.8) is 0 Å². The Bertz CT molecular complexity index is 81.1. The first-order valence-corrected chi connectivity index (χ1v) is 4.58. The molecule has 9 heavy (non-hydrogen) atoms. The molecule has 0 nitrogen and oxygen atoms in total. The highest BCUT2D eigenvalue weighted by atomic mass is 32.2. The van der Waals surface area contributed by atoms with Gasteiger partial charge in [-0.05, 0) is 24.3 Å². The fraction of sp³-hybridized carbons (Fsp3) is 0.750. The lowest BCUT2D eigenvalue weighted by Gasteiger charge is -1.93. The third-order valence-corrected chi connectivity index (χ3v) is 2.05. The first-order valence-electron chi connectivity index (χ1n) is 3.43. The van der Waals surface area contributed by atoms with Crippen LogP contribution in [0.1, 0.15) is 26.2 Å². The zero-order valence-electron chi connectivity index (χ0n) is 6.02. The normalized spacial score (nSPS) is 8.89. The summed E-state index contributed by atoms with van der Waals surface area (Å²) in [6.07, 6.45) is 8.51. The molecule has 0 aromatic heterocycles. The molecule has 0 saturated carbocycles. The first kappa shape index (κ1) is 8.91. The Morgan fingerprint density at radius 1 is 1.44 bits per heavy atom. The largest absolute Gasteiger partial charge is 0.162 e. The standard InChI is InChI=1S/C8H14S/c1-3-5-6-7-8-9-4-2/h1H,4-8H2,2H3. The summed E-state index contributed by atoms with van der Waals surface area (Å²) in [5.41, 5.74) is 0. The monoisotopic (exact) mass is 142 g/mol. The van der Waals surface area contributed by atoms with Crippen molar-refractivity contribution in [3.8, 4) is 12.3 Å². The maximum absolute atomic E-state index is 5.09. The predicted molar refractivity (Wildman–Crippen MR) is 45.7 cm³/mol. The zero-order chi connectivity index (χ0) is 6.95. The molecule has 0 radical (unpaired) electrons. The molecule has 0 fully saturated rings. The van der Waals surface area contributed by atoms with Crippen molar-refractivity contribution in [2.24, 2.45) is 0 Å². The summed E-state index contributed by atoms with van der Waals surface area (Å²) in [4.78, 5) is 0. The van der Waals surface area contributed by atoms with Gasteiger partial charge in [-0.1, -0.05) is 6.92 Å². The van der Waals surface area contributed by atoms with E-state index in [1.807, 2.05) is 11.8 Å². The van der Waals surface area contributed by atoms with E-state index in [1.54, 1.807) is 0 Å².